The van der Waals surface area contributed by atoms with Gasteiger partial charge in [-0.1, -0.05) is 26.0 Å². The van der Waals surface area contributed by atoms with Gasteiger partial charge in [-0.2, -0.15) is 0 Å². The summed E-state index contributed by atoms with van der Waals surface area (Å²) in [5.74, 6) is 0.888. The van der Waals surface area contributed by atoms with Gasteiger partial charge in [0.1, 0.15) is 0 Å². The molecular formula is C20H28N2O2. The fraction of sp³-hybridized carbons (Fsp3) is 0.600. The van der Waals surface area contributed by atoms with Crippen LogP contribution in [0.5, 0.6) is 0 Å². The van der Waals surface area contributed by atoms with Crippen LogP contribution in [0.4, 0.5) is 0 Å². The van der Waals surface area contributed by atoms with Crippen LogP contribution in [0, 0.1) is 11.3 Å². The SMILES string of the molecule is CC(C)CC1(CNC(=O)c2cccc(CN3CCCC3=O)c2)CC1. The zero-order valence-electron chi connectivity index (χ0n) is 14.8. The van der Waals surface area contributed by atoms with E-state index in [9.17, 15) is 9.59 Å². The van der Waals surface area contributed by atoms with Gasteiger partial charge in [0.15, 0.2) is 0 Å². The average Bonchev–Trinajstić information content (AvgIpc) is 3.19. The molecule has 2 aliphatic rings. The molecule has 0 unspecified atom stereocenters. The van der Waals surface area contributed by atoms with Crippen LogP contribution in [0.1, 0.15) is 61.9 Å². The minimum Gasteiger partial charge on any atom is -0.351 e. The topological polar surface area (TPSA) is 49.4 Å². The highest BCUT2D eigenvalue weighted by Crippen LogP contribution is 2.50. The van der Waals surface area contributed by atoms with Crippen molar-refractivity contribution >= 4 is 11.8 Å². The van der Waals surface area contributed by atoms with Crippen molar-refractivity contribution in [3.8, 4) is 0 Å². The van der Waals surface area contributed by atoms with Crippen molar-refractivity contribution in [1.29, 1.82) is 0 Å². The normalized spacial score (nSPS) is 19.0. The Labute approximate surface area is 144 Å². The van der Waals surface area contributed by atoms with E-state index in [1.807, 2.05) is 29.2 Å². The maximum absolute atomic E-state index is 12.5. The Balaban J connectivity index is 1.57. The van der Waals surface area contributed by atoms with Gasteiger partial charge in [-0.3, -0.25) is 9.59 Å². The Hall–Kier alpha value is -1.84. The van der Waals surface area contributed by atoms with Crippen LogP contribution >= 0.6 is 0 Å². The van der Waals surface area contributed by atoms with E-state index in [1.54, 1.807) is 0 Å². The maximum atomic E-state index is 12.5. The fourth-order valence-electron chi connectivity index (χ4n) is 3.77. The number of hydrogen-bond donors (Lipinski definition) is 1. The van der Waals surface area contributed by atoms with Crippen LogP contribution < -0.4 is 5.32 Å². The molecule has 1 saturated carbocycles. The molecule has 0 radical (unpaired) electrons. The molecule has 24 heavy (non-hydrogen) atoms. The Kier molecular flexibility index (Phi) is 4.93. The lowest BCUT2D eigenvalue weighted by atomic mass is 9.94. The largest absolute Gasteiger partial charge is 0.351 e. The van der Waals surface area contributed by atoms with Crippen molar-refractivity contribution in [3.63, 3.8) is 0 Å². The Morgan fingerprint density at radius 2 is 2.12 bits per heavy atom. The number of carbonyl (C=O) groups excluding carboxylic acids is 2. The highest BCUT2D eigenvalue weighted by Gasteiger charge is 2.42. The molecule has 0 spiro atoms. The lowest BCUT2D eigenvalue weighted by Gasteiger charge is -2.19. The van der Waals surface area contributed by atoms with Crippen molar-refractivity contribution in [3.05, 3.63) is 35.4 Å². The van der Waals surface area contributed by atoms with Gasteiger partial charge in [-0.25, -0.2) is 0 Å². The molecule has 0 bridgehead atoms. The summed E-state index contributed by atoms with van der Waals surface area (Å²) in [4.78, 5) is 26.1. The van der Waals surface area contributed by atoms with Gasteiger partial charge in [-0.05, 0) is 54.7 Å². The summed E-state index contributed by atoms with van der Waals surface area (Å²) in [6.07, 6.45) is 5.23. The lowest BCUT2D eigenvalue weighted by molar-refractivity contribution is -0.128. The van der Waals surface area contributed by atoms with Crippen LogP contribution in [0.2, 0.25) is 0 Å². The van der Waals surface area contributed by atoms with E-state index in [0.717, 1.165) is 25.1 Å². The molecule has 4 heteroatoms. The number of benzene rings is 1. The molecule has 1 heterocycles. The summed E-state index contributed by atoms with van der Waals surface area (Å²) in [5.41, 5.74) is 2.06. The van der Waals surface area contributed by atoms with Crippen LogP contribution in [0.25, 0.3) is 0 Å². The number of rotatable bonds is 7. The number of nitrogens with zero attached hydrogens (tertiary/aromatic N) is 1. The zero-order valence-corrected chi connectivity index (χ0v) is 14.8. The summed E-state index contributed by atoms with van der Waals surface area (Å²) >= 11 is 0. The fourth-order valence-corrected chi connectivity index (χ4v) is 3.77. The van der Waals surface area contributed by atoms with Gasteiger partial charge in [0.2, 0.25) is 5.91 Å². The first-order valence-electron chi connectivity index (χ1n) is 9.12. The molecule has 1 aromatic rings. The highest BCUT2D eigenvalue weighted by molar-refractivity contribution is 5.94. The minimum absolute atomic E-state index is 0.000343. The first-order valence-corrected chi connectivity index (χ1v) is 9.12. The molecule has 1 aliphatic carbocycles. The summed E-state index contributed by atoms with van der Waals surface area (Å²) in [6.45, 7) is 6.69. The van der Waals surface area contributed by atoms with Crippen LogP contribution in [-0.4, -0.2) is 29.8 Å². The summed E-state index contributed by atoms with van der Waals surface area (Å²) in [7, 11) is 0. The molecule has 1 saturated heterocycles. The van der Waals surface area contributed by atoms with Crippen molar-refractivity contribution in [2.45, 2.75) is 52.5 Å². The zero-order chi connectivity index (χ0) is 17.2. The van der Waals surface area contributed by atoms with Crippen molar-refractivity contribution in [2.75, 3.05) is 13.1 Å². The highest BCUT2D eigenvalue weighted by atomic mass is 16.2. The van der Waals surface area contributed by atoms with Gasteiger partial charge < -0.3 is 10.2 Å². The van der Waals surface area contributed by atoms with Crippen LogP contribution in [0.3, 0.4) is 0 Å². The number of nitrogens with one attached hydrogen (secondary N) is 1. The van der Waals surface area contributed by atoms with Gasteiger partial charge in [0, 0.05) is 31.6 Å². The molecule has 0 aromatic heterocycles. The van der Waals surface area contributed by atoms with E-state index in [-0.39, 0.29) is 11.8 Å². The first-order chi connectivity index (χ1) is 11.5. The molecule has 1 N–H and O–H groups in total. The predicted octanol–water partition coefficient (Wildman–Crippen LogP) is 3.37. The minimum atomic E-state index is -0.000343. The number of hydrogen-bond acceptors (Lipinski definition) is 2. The van der Waals surface area contributed by atoms with Crippen LogP contribution in [0.15, 0.2) is 24.3 Å². The average molecular weight is 328 g/mol. The van der Waals surface area contributed by atoms with E-state index in [0.29, 0.717) is 29.9 Å². The van der Waals surface area contributed by atoms with Gasteiger partial charge in [0.25, 0.3) is 5.91 Å². The van der Waals surface area contributed by atoms with E-state index in [2.05, 4.69) is 19.2 Å². The van der Waals surface area contributed by atoms with Crippen molar-refractivity contribution in [2.24, 2.45) is 11.3 Å². The number of carbonyl (C=O) groups is 2. The lowest BCUT2D eigenvalue weighted by Crippen LogP contribution is -2.31. The summed E-state index contributed by atoms with van der Waals surface area (Å²) < 4.78 is 0. The summed E-state index contributed by atoms with van der Waals surface area (Å²) in [5, 5.41) is 3.12. The number of likely N-dealkylation sites (tertiary alicyclic amines) is 1. The standard InChI is InChI=1S/C20H28N2O2/c1-15(2)12-20(8-9-20)14-21-19(24)17-6-3-5-16(11-17)13-22-10-4-7-18(22)23/h3,5-6,11,15H,4,7-10,12-14H2,1-2H3,(H,21,24). The van der Waals surface area contributed by atoms with Gasteiger partial charge >= 0.3 is 0 Å². The first kappa shape index (κ1) is 17.0. The Morgan fingerprint density at radius 3 is 2.75 bits per heavy atom. The second kappa shape index (κ2) is 6.96. The van der Waals surface area contributed by atoms with E-state index >= 15 is 0 Å². The summed E-state index contributed by atoms with van der Waals surface area (Å²) in [6, 6.07) is 7.67. The monoisotopic (exact) mass is 328 g/mol. The van der Waals surface area contributed by atoms with E-state index in [1.165, 1.54) is 19.3 Å². The van der Waals surface area contributed by atoms with Gasteiger partial charge in [-0.15, -0.1) is 0 Å². The molecule has 0 atom stereocenters. The van der Waals surface area contributed by atoms with Gasteiger partial charge in [0.05, 0.1) is 0 Å². The van der Waals surface area contributed by atoms with E-state index in [4.69, 9.17) is 0 Å². The van der Waals surface area contributed by atoms with Crippen molar-refractivity contribution in [1.82, 2.24) is 10.2 Å². The van der Waals surface area contributed by atoms with E-state index < -0.39 is 0 Å². The van der Waals surface area contributed by atoms with Crippen LogP contribution in [-0.2, 0) is 11.3 Å². The Bertz CT molecular complexity index is 620. The molecule has 2 fully saturated rings. The third-order valence-corrected chi connectivity index (χ3v) is 5.16. The molecule has 4 nitrogen and oxygen atoms in total. The Morgan fingerprint density at radius 1 is 1.33 bits per heavy atom. The smallest absolute Gasteiger partial charge is 0.251 e. The van der Waals surface area contributed by atoms with Crippen molar-refractivity contribution < 1.29 is 9.59 Å². The predicted molar refractivity (Wildman–Crippen MR) is 94.5 cm³/mol. The molecular weight excluding hydrogens is 300 g/mol. The molecule has 2 amide bonds. The third-order valence-electron chi connectivity index (χ3n) is 5.16. The molecule has 130 valence electrons. The number of amides is 2. The second-order valence-electron chi connectivity index (χ2n) is 7.90. The molecule has 1 aliphatic heterocycles. The maximum Gasteiger partial charge on any atom is 0.251 e. The quantitative estimate of drug-likeness (QED) is 0.834. The third kappa shape index (κ3) is 4.16. The molecule has 1 aromatic carbocycles. The molecule has 3 rings (SSSR count). The second-order valence-corrected chi connectivity index (χ2v) is 7.90.